The first kappa shape index (κ1) is 17.9. The van der Waals surface area contributed by atoms with Crippen LogP contribution in [0.25, 0.3) is 10.9 Å². The van der Waals surface area contributed by atoms with E-state index in [9.17, 15) is 14.4 Å². The monoisotopic (exact) mass is 366 g/mol. The number of hydrogen-bond donors (Lipinski definition) is 1. The van der Waals surface area contributed by atoms with Crippen LogP contribution in [0.15, 0.2) is 51.9 Å². The van der Waals surface area contributed by atoms with E-state index in [1.54, 1.807) is 30.3 Å². The molecular formula is C18H14N4O5. The Morgan fingerprint density at radius 1 is 1.26 bits per heavy atom. The average molecular weight is 366 g/mol. The Bertz CT molecular complexity index is 1080. The molecule has 1 aromatic carbocycles. The van der Waals surface area contributed by atoms with E-state index in [-0.39, 0.29) is 36.8 Å². The van der Waals surface area contributed by atoms with E-state index in [1.807, 2.05) is 6.07 Å². The van der Waals surface area contributed by atoms with Gasteiger partial charge in [0.2, 0.25) is 0 Å². The van der Waals surface area contributed by atoms with Crippen molar-refractivity contribution >= 4 is 22.8 Å². The highest BCUT2D eigenvalue weighted by Gasteiger charge is 2.14. The molecule has 0 radical (unpaired) electrons. The van der Waals surface area contributed by atoms with Gasteiger partial charge in [-0.2, -0.15) is 5.26 Å². The smallest absolute Gasteiger partial charge is 0.325 e. The van der Waals surface area contributed by atoms with Gasteiger partial charge in [-0.3, -0.25) is 19.0 Å². The summed E-state index contributed by atoms with van der Waals surface area (Å²) in [5.41, 5.74) is 0.0492. The lowest BCUT2D eigenvalue weighted by Crippen LogP contribution is -2.31. The lowest BCUT2D eigenvalue weighted by atomic mass is 10.2. The van der Waals surface area contributed by atoms with Gasteiger partial charge in [0.15, 0.2) is 11.6 Å². The van der Waals surface area contributed by atoms with Gasteiger partial charge in [-0.1, -0.05) is 12.1 Å². The van der Waals surface area contributed by atoms with Crippen molar-refractivity contribution in [3.05, 3.63) is 64.6 Å². The quantitative estimate of drug-likeness (QED) is 0.644. The summed E-state index contributed by atoms with van der Waals surface area (Å²) in [4.78, 5) is 40.4. The number of esters is 1. The molecule has 0 aliphatic rings. The highest BCUT2D eigenvalue weighted by Crippen LogP contribution is 2.09. The molecule has 0 atom stereocenters. The first-order chi connectivity index (χ1) is 13.1. The number of aromatic nitrogens is 2. The molecule has 1 N–H and O–H groups in total. The Morgan fingerprint density at radius 3 is 2.81 bits per heavy atom. The third kappa shape index (κ3) is 4.01. The third-order valence-corrected chi connectivity index (χ3v) is 3.67. The number of nitrogens with one attached hydrogen (secondary N) is 1. The minimum atomic E-state index is -0.721. The number of carbonyl (C=O) groups is 2. The molecule has 0 saturated carbocycles. The second kappa shape index (κ2) is 7.97. The highest BCUT2D eigenvalue weighted by molar-refractivity contribution is 5.93. The molecule has 2 aromatic heterocycles. The van der Waals surface area contributed by atoms with Crippen molar-refractivity contribution in [3.8, 4) is 6.07 Å². The van der Waals surface area contributed by atoms with Crippen LogP contribution in [0.5, 0.6) is 0 Å². The van der Waals surface area contributed by atoms with Crippen molar-refractivity contribution in [2.75, 3.05) is 6.54 Å². The number of ether oxygens (including phenoxy) is 1. The van der Waals surface area contributed by atoms with Crippen LogP contribution >= 0.6 is 0 Å². The van der Waals surface area contributed by atoms with Crippen molar-refractivity contribution in [1.29, 1.82) is 5.26 Å². The number of para-hydroxylation sites is 1. The van der Waals surface area contributed by atoms with E-state index in [1.165, 1.54) is 12.3 Å². The fourth-order valence-corrected chi connectivity index (χ4v) is 2.40. The number of amides is 1. The number of nitriles is 1. The average Bonchev–Trinajstić information content (AvgIpc) is 3.22. The first-order valence-corrected chi connectivity index (χ1v) is 7.93. The molecular weight excluding hydrogens is 352 g/mol. The first-order valence-electron chi connectivity index (χ1n) is 7.93. The largest absolute Gasteiger partial charge is 0.459 e. The standard InChI is InChI=1S/C18H14N4O5/c19-7-8-22-15(21-13-5-2-1-4-12(13)18(22)25)11-27-16(23)10-20-17(24)14-6-3-9-26-14/h1-6,9H,8,10-11H2,(H,20,24). The SMILES string of the molecule is N#CCn1c(COC(=O)CNC(=O)c2ccco2)nc2ccccc2c1=O. The fourth-order valence-electron chi connectivity index (χ4n) is 2.40. The summed E-state index contributed by atoms with van der Waals surface area (Å²) in [6.07, 6.45) is 1.34. The van der Waals surface area contributed by atoms with E-state index in [0.29, 0.717) is 10.9 Å². The van der Waals surface area contributed by atoms with Gasteiger partial charge in [-0.15, -0.1) is 0 Å². The molecule has 3 aromatic rings. The predicted molar refractivity (Wildman–Crippen MR) is 92.5 cm³/mol. The molecule has 0 aliphatic carbocycles. The predicted octanol–water partition coefficient (Wildman–Crippen LogP) is 0.986. The maximum Gasteiger partial charge on any atom is 0.325 e. The molecule has 9 nitrogen and oxygen atoms in total. The molecule has 0 unspecified atom stereocenters. The summed E-state index contributed by atoms with van der Waals surface area (Å²) in [5.74, 6) is -1.06. The lowest BCUT2D eigenvalue weighted by Gasteiger charge is -2.11. The molecule has 9 heteroatoms. The highest BCUT2D eigenvalue weighted by atomic mass is 16.5. The Kier molecular flexibility index (Phi) is 5.28. The summed E-state index contributed by atoms with van der Waals surface area (Å²) in [7, 11) is 0. The fraction of sp³-hybridized carbons (Fsp3) is 0.167. The molecule has 3 rings (SSSR count). The van der Waals surface area contributed by atoms with Gasteiger partial charge in [0, 0.05) is 0 Å². The van der Waals surface area contributed by atoms with Crippen molar-refractivity contribution in [1.82, 2.24) is 14.9 Å². The maximum atomic E-state index is 12.5. The van der Waals surface area contributed by atoms with E-state index in [2.05, 4.69) is 10.3 Å². The molecule has 136 valence electrons. The molecule has 27 heavy (non-hydrogen) atoms. The Labute approximate surface area is 152 Å². The van der Waals surface area contributed by atoms with Gasteiger partial charge in [0.05, 0.1) is 23.2 Å². The number of carbonyl (C=O) groups excluding carboxylic acids is 2. The summed E-state index contributed by atoms with van der Waals surface area (Å²) in [6.45, 7) is -0.911. The van der Waals surface area contributed by atoms with Gasteiger partial charge < -0.3 is 14.5 Å². The van der Waals surface area contributed by atoms with Gasteiger partial charge in [0.25, 0.3) is 11.5 Å². The van der Waals surface area contributed by atoms with Crippen molar-refractivity contribution < 1.29 is 18.7 Å². The zero-order valence-electron chi connectivity index (χ0n) is 14.0. The lowest BCUT2D eigenvalue weighted by molar-refractivity contribution is -0.144. The Hall–Kier alpha value is -3.93. The molecule has 0 spiro atoms. The van der Waals surface area contributed by atoms with Gasteiger partial charge in [-0.05, 0) is 24.3 Å². The van der Waals surface area contributed by atoms with Crippen LogP contribution in [0.4, 0.5) is 0 Å². The summed E-state index contributed by atoms with van der Waals surface area (Å²) >= 11 is 0. The topological polar surface area (TPSA) is 127 Å². The molecule has 0 aliphatic heterocycles. The minimum absolute atomic E-state index is 0.0712. The zero-order chi connectivity index (χ0) is 19.2. The number of nitrogens with zero attached hydrogens (tertiary/aromatic N) is 3. The maximum absolute atomic E-state index is 12.5. The molecule has 0 saturated heterocycles. The normalized spacial score (nSPS) is 10.3. The number of fused-ring (bicyclic) bond motifs is 1. The summed E-state index contributed by atoms with van der Waals surface area (Å²) in [5, 5.41) is 11.7. The summed E-state index contributed by atoms with van der Waals surface area (Å²) in [6, 6.07) is 11.6. The third-order valence-electron chi connectivity index (χ3n) is 3.67. The number of hydrogen-bond acceptors (Lipinski definition) is 7. The van der Waals surface area contributed by atoms with Crippen LogP contribution < -0.4 is 10.9 Å². The minimum Gasteiger partial charge on any atom is -0.459 e. The molecule has 2 heterocycles. The van der Waals surface area contributed by atoms with E-state index in [4.69, 9.17) is 14.4 Å². The van der Waals surface area contributed by atoms with Crippen molar-refractivity contribution in [2.24, 2.45) is 0 Å². The second-order valence-electron chi connectivity index (χ2n) is 5.42. The van der Waals surface area contributed by atoms with Gasteiger partial charge in [0.1, 0.15) is 19.7 Å². The number of benzene rings is 1. The summed E-state index contributed by atoms with van der Waals surface area (Å²) < 4.78 is 11.1. The molecule has 1 amide bonds. The Morgan fingerprint density at radius 2 is 2.07 bits per heavy atom. The van der Waals surface area contributed by atoms with Crippen LogP contribution in [0, 0.1) is 11.3 Å². The van der Waals surface area contributed by atoms with Crippen LogP contribution in [-0.4, -0.2) is 28.0 Å². The second-order valence-corrected chi connectivity index (χ2v) is 5.42. The van der Waals surface area contributed by atoms with Crippen LogP contribution in [0.2, 0.25) is 0 Å². The van der Waals surface area contributed by atoms with E-state index < -0.39 is 11.9 Å². The van der Waals surface area contributed by atoms with E-state index in [0.717, 1.165) is 4.57 Å². The zero-order valence-corrected chi connectivity index (χ0v) is 14.0. The van der Waals surface area contributed by atoms with Crippen LogP contribution in [-0.2, 0) is 22.7 Å². The number of furan rings is 1. The number of rotatable bonds is 6. The van der Waals surface area contributed by atoms with Gasteiger partial charge in [-0.25, -0.2) is 4.98 Å². The van der Waals surface area contributed by atoms with Crippen LogP contribution in [0.1, 0.15) is 16.4 Å². The Balaban J connectivity index is 1.69. The van der Waals surface area contributed by atoms with Crippen LogP contribution in [0.3, 0.4) is 0 Å². The van der Waals surface area contributed by atoms with E-state index >= 15 is 0 Å². The van der Waals surface area contributed by atoms with Gasteiger partial charge >= 0.3 is 5.97 Å². The van der Waals surface area contributed by atoms with Crippen molar-refractivity contribution in [2.45, 2.75) is 13.2 Å². The molecule has 0 bridgehead atoms. The molecule has 0 fully saturated rings. The van der Waals surface area contributed by atoms with Crippen molar-refractivity contribution in [3.63, 3.8) is 0 Å².